The van der Waals surface area contributed by atoms with Crippen LogP contribution in [0.1, 0.15) is 20.8 Å². The van der Waals surface area contributed by atoms with Gasteiger partial charge in [0, 0.05) is 29.4 Å². The van der Waals surface area contributed by atoms with Gasteiger partial charge in [-0.1, -0.05) is 0 Å². The average molecular weight is 324 g/mol. The first-order valence-electron chi connectivity index (χ1n) is 7.42. The van der Waals surface area contributed by atoms with Gasteiger partial charge < -0.3 is 0 Å². The highest BCUT2D eigenvalue weighted by Gasteiger charge is 2.23. The number of fused-ring (bicyclic) bond motifs is 1. The van der Waals surface area contributed by atoms with Crippen LogP contribution in [0.3, 0.4) is 0 Å². The molecule has 0 amide bonds. The van der Waals surface area contributed by atoms with E-state index in [-0.39, 0.29) is 11.2 Å². The molecule has 0 atom stereocenters. The van der Waals surface area contributed by atoms with Crippen molar-refractivity contribution in [1.29, 1.82) is 0 Å². The first-order valence-corrected chi connectivity index (χ1v) is 7.42. The number of non-ortho nitro benzene ring substituents is 1. The number of aromatic nitrogens is 3. The molecule has 0 saturated carbocycles. The highest BCUT2D eigenvalue weighted by molar-refractivity contribution is 5.76. The van der Waals surface area contributed by atoms with E-state index in [1.165, 1.54) is 12.1 Å². The second-order valence-corrected chi connectivity index (χ2v) is 6.43. The summed E-state index contributed by atoms with van der Waals surface area (Å²) in [5, 5.41) is 11.3. The minimum absolute atomic E-state index is 0.0117. The summed E-state index contributed by atoms with van der Waals surface area (Å²) in [6.45, 7) is 5.73. The highest BCUT2D eigenvalue weighted by Crippen LogP contribution is 2.25. The molecule has 0 N–H and O–H groups in total. The fraction of sp³-hybridized carbons (Fsp3) is 0.235. The standard InChI is InChI=1S/C17H16N4O3/c1-17(2,3)20-15(11-6-8-12(9-7-11)21(23)24)19-14-13(16(20)22)5-4-10-18-14/h4-10H,1-3H3. The monoisotopic (exact) mass is 324 g/mol. The largest absolute Gasteiger partial charge is 0.287 e. The topological polar surface area (TPSA) is 90.9 Å². The van der Waals surface area contributed by atoms with Crippen LogP contribution in [0.5, 0.6) is 0 Å². The summed E-state index contributed by atoms with van der Waals surface area (Å²) < 4.78 is 1.60. The number of nitro benzene ring substituents is 1. The lowest BCUT2D eigenvalue weighted by Gasteiger charge is -2.25. The first-order chi connectivity index (χ1) is 11.3. The third kappa shape index (κ3) is 2.64. The smallest absolute Gasteiger partial charge is 0.269 e. The van der Waals surface area contributed by atoms with Gasteiger partial charge in [0.05, 0.1) is 10.3 Å². The molecule has 122 valence electrons. The van der Waals surface area contributed by atoms with Gasteiger partial charge in [0.2, 0.25) is 0 Å². The molecule has 3 aromatic rings. The Labute approximate surface area is 137 Å². The quantitative estimate of drug-likeness (QED) is 0.533. The molecule has 7 heteroatoms. The van der Waals surface area contributed by atoms with Crippen molar-refractivity contribution in [2.75, 3.05) is 0 Å². The molecular formula is C17H16N4O3. The van der Waals surface area contributed by atoms with E-state index < -0.39 is 10.5 Å². The van der Waals surface area contributed by atoms with Crippen LogP contribution in [-0.2, 0) is 5.54 Å². The summed E-state index contributed by atoms with van der Waals surface area (Å²) in [6.07, 6.45) is 1.58. The van der Waals surface area contributed by atoms with Crippen LogP contribution >= 0.6 is 0 Å². The summed E-state index contributed by atoms with van der Waals surface area (Å²) >= 11 is 0. The number of pyridine rings is 1. The van der Waals surface area contributed by atoms with E-state index in [0.29, 0.717) is 22.4 Å². The first kappa shape index (κ1) is 15.8. The van der Waals surface area contributed by atoms with Gasteiger partial charge in [0.1, 0.15) is 5.82 Å². The van der Waals surface area contributed by atoms with Crippen LogP contribution in [0.4, 0.5) is 5.69 Å². The summed E-state index contributed by atoms with van der Waals surface area (Å²) in [4.78, 5) is 32.0. The van der Waals surface area contributed by atoms with Gasteiger partial charge in [-0.15, -0.1) is 0 Å². The van der Waals surface area contributed by atoms with Crippen molar-refractivity contribution < 1.29 is 4.92 Å². The Hall–Kier alpha value is -3.09. The van der Waals surface area contributed by atoms with Crippen molar-refractivity contribution >= 4 is 16.7 Å². The van der Waals surface area contributed by atoms with Crippen molar-refractivity contribution in [3.05, 3.63) is 63.1 Å². The van der Waals surface area contributed by atoms with Gasteiger partial charge in [-0.3, -0.25) is 19.5 Å². The van der Waals surface area contributed by atoms with Crippen molar-refractivity contribution in [3.63, 3.8) is 0 Å². The summed E-state index contributed by atoms with van der Waals surface area (Å²) in [6, 6.07) is 9.38. The van der Waals surface area contributed by atoms with Gasteiger partial charge >= 0.3 is 0 Å². The van der Waals surface area contributed by atoms with Crippen molar-refractivity contribution in [3.8, 4) is 11.4 Å². The lowest BCUT2D eigenvalue weighted by atomic mass is 10.1. The predicted molar refractivity (Wildman–Crippen MR) is 90.9 cm³/mol. The summed E-state index contributed by atoms with van der Waals surface area (Å²) in [5.41, 5.74) is 0.276. The van der Waals surface area contributed by atoms with Crippen LogP contribution in [0, 0.1) is 10.1 Å². The van der Waals surface area contributed by atoms with Crippen LogP contribution < -0.4 is 5.56 Å². The maximum absolute atomic E-state index is 12.9. The third-order valence-corrected chi connectivity index (χ3v) is 3.65. The van der Waals surface area contributed by atoms with E-state index in [2.05, 4.69) is 9.97 Å². The zero-order valence-corrected chi connectivity index (χ0v) is 13.6. The average Bonchev–Trinajstić information content (AvgIpc) is 2.53. The molecule has 0 fully saturated rings. The van der Waals surface area contributed by atoms with Crippen LogP contribution in [-0.4, -0.2) is 19.5 Å². The van der Waals surface area contributed by atoms with E-state index in [0.717, 1.165) is 0 Å². The Morgan fingerprint density at radius 1 is 1.12 bits per heavy atom. The number of nitro groups is 1. The van der Waals surface area contributed by atoms with Crippen molar-refractivity contribution in [1.82, 2.24) is 14.5 Å². The lowest BCUT2D eigenvalue weighted by Crippen LogP contribution is -2.36. The molecule has 0 aliphatic carbocycles. The number of hydrogen-bond acceptors (Lipinski definition) is 5. The number of benzene rings is 1. The van der Waals surface area contributed by atoms with Crippen molar-refractivity contribution in [2.24, 2.45) is 0 Å². The van der Waals surface area contributed by atoms with Gasteiger partial charge in [-0.2, -0.15) is 0 Å². The second-order valence-electron chi connectivity index (χ2n) is 6.43. The lowest BCUT2D eigenvalue weighted by molar-refractivity contribution is -0.384. The van der Waals surface area contributed by atoms with Gasteiger partial charge in [-0.25, -0.2) is 9.97 Å². The zero-order valence-electron chi connectivity index (χ0n) is 13.6. The molecule has 3 rings (SSSR count). The van der Waals surface area contributed by atoms with Crippen LogP contribution in [0.25, 0.3) is 22.4 Å². The molecule has 0 aliphatic rings. The number of hydrogen-bond donors (Lipinski definition) is 0. The number of rotatable bonds is 2. The summed E-state index contributed by atoms with van der Waals surface area (Å²) in [7, 11) is 0. The molecule has 0 radical (unpaired) electrons. The van der Waals surface area contributed by atoms with E-state index in [9.17, 15) is 14.9 Å². The molecule has 1 aromatic carbocycles. The van der Waals surface area contributed by atoms with E-state index >= 15 is 0 Å². The normalized spacial score (nSPS) is 11.6. The fourth-order valence-electron chi connectivity index (χ4n) is 2.57. The Morgan fingerprint density at radius 3 is 2.38 bits per heavy atom. The predicted octanol–water partition coefficient (Wildman–Crippen LogP) is 3.12. The van der Waals surface area contributed by atoms with E-state index in [1.54, 1.807) is 35.0 Å². The minimum Gasteiger partial charge on any atom is -0.287 e. The molecule has 0 aliphatic heterocycles. The second kappa shape index (κ2) is 5.52. The van der Waals surface area contributed by atoms with Gasteiger partial charge in [-0.05, 0) is 45.0 Å². The van der Waals surface area contributed by atoms with Gasteiger partial charge in [0.25, 0.3) is 11.2 Å². The molecule has 7 nitrogen and oxygen atoms in total. The molecule has 2 heterocycles. The molecule has 0 unspecified atom stereocenters. The third-order valence-electron chi connectivity index (χ3n) is 3.65. The van der Waals surface area contributed by atoms with Crippen molar-refractivity contribution in [2.45, 2.75) is 26.3 Å². The van der Waals surface area contributed by atoms with Crippen LogP contribution in [0.2, 0.25) is 0 Å². The Kier molecular flexibility index (Phi) is 3.63. The molecule has 2 aromatic heterocycles. The maximum Gasteiger partial charge on any atom is 0.269 e. The Bertz CT molecular complexity index is 985. The van der Waals surface area contributed by atoms with E-state index in [4.69, 9.17) is 0 Å². The SMILES string of the molecule is CC(C)(C)n1c(-c2ccc([N+](=O)[O-])cc2)nc2ncccc2c1=O. The fourth-order valence-corrected chi connectivity index (χ4v) is 2.57. The molecule has 0 bridgehead atoms. The minimum atomic E-state index is -0.509. The van der Waals surface area contributed by atoms with Crippen LogP contribution in [0.15, 0.2) is 47.4 Å². The molecular weight excluding hydrogens is 308 g/mol. The maximum atomic E-state index is 12.9. The van der Waals surface area contributed by atoms with E-state index in [1.807, 2.05) is 20.8 Å². The molecule has 0 saturated heterocycles. The Balaban J connectivity index is 2.34. The Morgan fingerprint density at radius 2 is 1.79 bits per heavy atom. The number of nitrogens with zero attached hydrogens (tertiary/aromatic N) is 4. The van der Waals surface area contributed by atoms with Gasteiger partial charge in [0.15, 0.2) is 5.65 Å². The highest BCUT2D eigenvalue weighted by atomic mass is 16.6. The summed E-state index contributed by atoms with van der Waals surface area (Å²) in [5.74, 6) is 0.439. The zero-order chi connectivity index (χ0) is 17.5. The molecule has 24 heavy (non-hydrogen) atoms. The molecule has 0 spiro atoms.